The lowest BCUT2D eigenvalue weighted by molar-refractivity contribution is -0.129. The van der Waals surface area contributed by atoms with Gasteiger partial charge in [-0.15, -0.1) is 0 Å². The van der Waals surface area contributed by atoms with Gasteiger partial charge in [0.25, 0.3) is 5.91 Å². The molecule has 1 aromatic rings. The van der Waals surface area contributed by atoms with Crippen molar-refractivity contribution < 1.29 is 14.7 Å². The molecular weight excluding hydrogens is 258 g/mol. The number of carbonyl (C=O) groups excluding carboxylic acids is 1. The molecule has 6 nitrogen and oxygen atoms in total. The lowest BCUT2D eigenvalue weighted by atomic mass is 10.0. The normalized spacial score (nSPS) is 19.6. The average Bonchev–Trinajstić information content (AvgIpc) is 2.47. The number of oxime groups is 1. The molecule has 1 aromatic carbocycles. The van der Waals surface area contributed by atoms with E-state index in [1.165, 1.54) is 0 Å². The molecule has 0 spiro atoms. The fraction of sp³-hybridized carbons (Fsp3) is 0.429. The van der Waals surface area contributed by atoms with Crippen LogP contribution in [0.2, 0.25) is 0 Å². The first kappa shape index (κ1) is 14.3. The standard InChI is InChI=1S/C14H19N3O3/c1-9-5-4-6-10(12(9)13(15)17-19)16-14(18)11-7-2-3-8-20-11/h4-6,11,19H,2-3,7-8H2,1H3,(H2,15,17)(H,16,18). The Labute approximate surface area is 117 Å². The summed E-state index contributed by atoms with van der Waals surface area (Å²) in [7, 11) is 0. The third-order valence-corrected chi connectivity index (χ3v) is 3.37. The van der Waals surface area contributed by atoms with Crippen molar-refractivity contribution in [1.82, 2.24) is 0 Å². The molecule has 20 heavy (non-hydrogen) atoms. The summed E-state index contributed by atoms with van der Waals surface area (Å²) in [5.41, 5.74) is 7.54. The van der Waals surface area contributed by atoms with E-state index in [1.54, 1.807) is 12.1 Å². The highest BCUT2D eigenvalue weighted by Gasteiger charge is 2.23. The smallest absolute Gasteiger partial charge is 0.253 e. The second-order valence-electron chi connectivity index (χ2n) is 4.83. The Morgan fingerprint density at radius 3 is 2.95 bits per heavy atom. The summed E-state index contributed by atoms with van der Waals surface area (Å²) in [5.74, 6) is -0.217. The Bertz CT molecular complexity index is 522. The topological polar surface area (TPSA) is 96.9 Å². The zero-order valence-corrected chi connectivity index (χ0v) is 11.4. The summed E-state index contributed by atoms with van der Waals surface area (Å²) in [5, 5.41) is 14.7. The maximum atomic E-state index is 12.2. The SMILES string of the molecule is Cc1cccc(NC(=O)C2CCCCO2)c1/C(N)=N/O. The summed E-state index contributed by atoms with van der Waals surface area (Å²) >= 11 is 0. The van der Waals surface area contributed by atoms with Crippen LogP contribution in [0.25, 0.3) is 0 Å². The molecule has 1 heterocycles. The Kier molecular flexibility index (Phi) is 4.57. The van der Waals surface area contributed by atoms with Gasteiger partial charge in [0.15, 0.2) is 5.84 Å². The van der Waals surface area contributed by atoms with Crippen LogP contribution in [-0.2, 0) is 9.53 Å². The Morgan fingerprint density at radius 2 is 2.30 bits per heavy atom. The number of benzene rings is 1. The number of anilines is 1. The van der Waals surface area contributed by atoms with Crippen molar-refractivity contribution >= 4 is 17.4 Å². The molecule has 1 amide bonds. The molecule has 1 aliphatic heterocycles. The zero-order chi connectivity index (χ0) is 14.5. The molecular formula is C14H19N3O3. The highest BCUT2D eigenvalue weighted by Crippen LogP contribution is 2.21. The lowest BCUT2D eigenvalue weighted by Crippen LogP contribution is -2.34. The van der Waals surface area contributed by atoms with Crippen LogP contribution in [0.5, 0.6) is 0 Å². The van der Waals surface area contributed by atoms with Crippen molar-refractivity contribution in [2.75, 3.05) is 11.9 Å². The number of hydrogen-bond acceptors (Lipinski definition) is 4. The molecule has 108 valence electrons. The van der Waals surface area contributed by atoms with E-state index in [0.29, 0.717) is 17.9 Å². The molecule has 1 unspecified atom stereocenters. The second-order valence-corrected chi connectivity index (χ2v) is 4.83. The number of nitrogens with one attached hydrogen (secondary N) is 1. The molecule has 0 radical (unpaired) electrons. The molecule has 2 rings (SSSR count). The summed E-state index contributed by atoms with van der Waals surface area (Å²) in [6.07, 6.45) is 2.27. The van der Waals surface area contributed by atoms with Crippen molar-refractivity contribution in [1.29, 1.82) is 0 Å². The van der Waals surface area contributed by atoms with E-state index < -0.39 is 6.10 Å². The number of nitrogens with two attached hydrogens (primary N) is 1. The number of amides is 1. The van der Waals surface area contributed by atoms with Crippen molar-refractivity contribution in [3.63, 3.8) is 0 Å². The van der Waals surface area contributed by atoms with Crippen LogP contribution in [0.1, 0.15) is 30.4 Å². The molecule has 1 aliphatic rings. The highest BCUT2D eigenvalue weighted by molar-refractivity contribution is 6.07. The van der Waals surface area contributed by atoms with Gasteiger partial charge in [-0.1, -0.05) is 17.3 Å². The molecule has 6 heteroatoms. The number of hydrogen-bond donors (Lipinski definition) is 3. The van der Waals surface area contributed by atoms with Crippen molar-refractivity contribution in [2.24, 2.45) is 10.9 Å². The predicted octanol–water partition coefficient (Wildman–Crippen LogP) is 1.60. The Hall–Kier alpha value is -2.08. The molecule has 1 fully saturated rings. The molecule has 0 aliphatic carbocycles. The summed E-state index contributed by atoms with van der Waals surface area (Å²) in [6.45, 7) is 2.44. The fourth-order valence-corrected chi connectivity index (χ4v) is 2.32. The van der Waals surface area contributed by atoms with Crippen LogP contribution in [0.15, 0.2) is 23.4 Å². The molecule has 1 saturated heterocycles. The van der Waals surface area contributed by atoms with Gasteiger partial charge < -0.3 is 21.0 Å². The Morgan fingerprint density at radius 1 is 1.50 bits per heavy atom. The van der Waals surface area contributed by atoms with Gasteiger partial charge in [-0.25, -0.2) is 0 Å². The van der Waals surface area contributed by atoms with Gasteiger partial charge in [-0.3, -0.25) is 4.79 Å². The van der Waals surface area contributed by atoms with Crippen molar-refractivity contribution in [3.8, 4) is 0 Å². The Balaban J connectivity index is 2.20. The van der Waals surface area contributed by atoms with E-state index in [4.69, 9.17) is 15.7 Å². The number of nitrogens with zero attached hydrogens (tertiary/aromatic N) is 1. The fourth-order valence-electron chi connectivity index (χ4n) is 2.32. The van der Waals surface area contributed by atoms with Gasteiger partial charge in [-0.05, 0) is 37.8 Å². The molecule has 1 atom stereocenters. The van der Waals surface area contributed by atoms with Gasteiger partial charge >= 0.3 is 0 Å². The quantitative estimate of drug-likeness (QED) is 0.338. The van der Waals surface area contributed by atoms with Crippen molar-refractivity contribution in [3.05, 3.63) is 29.3 Å². The zero-order valence-electron chi connectivity index (χ0n) is 11.4. The van der Waals surface area contributed by atoms with Crippen molar-refractivity contribution in [2.45, 2.75) is 32.3 Å². The number of amidine groups is 1. The van der Waals surface area contributed by atoms with E-state index in [0.717, 1.165) is 24.8 Å². The van der Waals surface area contributed by atoms with Crippen LogP contribution in [-0.4, -0.2) is 29.7 Å². The first-order valence-electron chi connectivity index (χ1n) is 6.63. The largest absolute Gasteiger partial charge is 0.409 e. The van der Waals surface area contributed by atoms with Gasteiger partial charge in [0, 0.05) is 12.2 Å². The van der Waals surface area contributed by atoms with Gasteiger partial charge in [0.2, 0.25) is 0 Å². The third kappa shape index (κ3) is 3.08. The molecule has 0 saturated carbocycles. The lowest BCUT2D eigenvalue weighted by Gasteiger charge is -2.22. The third-order valence-electron chi connectivity index (χ3n) is 3.37. The summed E-state index contributed by atoms with van der Waals surface area (Å²) in [4.78, 5) is 12.2. The van der Waals surface area contributed by atoms with E-state index >= 15 is 0 Å². The first-order valence-corrected chi connectivity index (χ1v) is 6.63. The molecule has 4 N–H and O–H groups in total. The minimum absolute atomic E-state index is 0.0250. The minimum atomic E-state index is -0.426. The molecule has 0 aromatic heterocycles. The van der Waals surface area contributed by atoms with Crippen LogP contribution in [0.3, 0.4) is 0 Å². The van der Waals surface area contributed by atoms with Gasteiger partial charge in [0.05, 0.1) is 5.69 Å². The van der Waals surface area contributed by atoms with Crippen LogP contribution < -0.4 is 11.1 Å². The number of carbonyl (C=O) groups is 1. The van der Waals surface area contributed by atoms with Crippen LogP contribution in [0, 0.1) is 6.92 Å². The van der Waals surface area contributed by atoms with Gasteiger partial charge in [-0.2, -0.15) is 0 Å². The second kappa shape index (κ2) is 6.38. The maximum Gasteiger partial charge on any atom is 0.253 e. The van der Waals surface area contributed by atoms with E-state index in [1.807, 2.05) is 13.0 Å². The molecule has 0 bridgehead atoms. The minimum Gasteiger partial charge on any atom is -0.409 e. The summed E-state index contributed by atoms with van der Waals surface area (Å²) in [6, 6.07) is 5.36. The van der Waals surface area contributed by atoms with Crippen LogP contribution >= 0.6 is 0 Å². The van der Waals surface area contributed by atoms with E-state index in [-0.39, 0.29) is 11.7 Å². The number of rotatable bonds is 3. The number of aryl methyl sites for hydroxylation is 1. The summed E-state index contributed by atoms with van der Waals surface area (Å²) < 4.78 is 5.45. The average molecular weight is 277 g/mol. The first-order chi connectivity index (χ1) is 9.63. The monoisotopic (exact) mass is 277 g/mol. The highest BCUT2D eigenvalue weighted by atomic mass is 16.5. The van der Waals surface area contributed by atoms with E-state index in [2.05, 4.69) is 10.5 Å². The van der Waals surface area contributed by atoms with Gasteiger partial charge in [0.1, 0.15) is 6.10 Å². The van der Waals surface area contributed by atoms with Crippen LogP contribution in [0.4, 0.5) is 5.69 Å². The van der Waals surface area contributed by atoms with E-state index in [9.17, 15) is 4.79 Å². The number of ether oxygens (including phenoxy) is 1. The predicted molar refractivity (Wildman–Crippen MR) is 75.9 cm³/mol. The maximum absolute atomic E-state index is 12.2.